The molecule has 0 bridgehead atoms. The number of rotatable bonds is 4. The molecule has 0 aliphatic rings. The molecule has 3 aromatic rings. The highest BCUT2D eigenvalue weighted by Gasteiger charge is 2.14. The van der Waals surface area contributed by atoms with E-state index in [9.17, 15) is 4.79 Å². The Morgan fingerprint density at radius 2 is 2.00 bits per heavy atom. The molecule has 6 heteroatoms. The average molecular weight is 335 g/mol. The molecule has 0 aliphatic carbocycles. The number of benzene rings is 1. The molecule has 25 heavy (non-hydrogen) atoms. The lowest BCUT2D eigenvalue weighted by Crippen LogP contribution is -2.23. The van der Waals surface area contributed by atoms with Crippen LogP contribution in [0.5, 0.6) is 0 Å². The first kappa shape index (κ1) is 16.4. The van der Waals surface area contributed by atoms with E-state index in [0.717, 1.165) is 11.3 Å². The van der Waals surface area contributed by atoms with Crippen molar-refractivity contribution in [3.63, 3.8) is 0 Å². The zero-order chi connectivity index (χ0) is 17.6. The van der Waals surface area contributed by atoms with Crippen molar-refractivity contribution >= 4 is 11.6 Å². The molecule has 0 saturated carbocycles. The number of anilines is 1. The third kappa shape index (κ3) is 4.09. The van der Waals surface area contributed by atoms with Gasteiger partial charge in [-0.15, -0.1) is 0 Å². The number of hydrogen-bond acceptors (Lipinski definition) is 5. The second-order valence-corrected chi connectivity index (χ2v) is 5.48. The normalized spacial score (nSPS) is 10.0. The quantitative estimate of drug-likeness (QED) is 0.742. The Kier molecular flexibility index (Phi) is 4.86. The zero-order valence-corrected chi connectivity index (χ0v) is 13.9. The van der Waals surface area contributed by atoms with E-state index in [0.29, 0.717) is 11.5 Å². The molecule has 0 radical (unpaired) electrons. The van der Waals surface area contributed by atoms with Gasteiger partial charge in [-0.25, -0.2) is 0 Å². The summed E-state index contributed by atoms with van der Waals surface area (Å²) in [6.45, 7) is 0.219. The minimum atomic E-state index is -0.348. The first-order valence-electron chi connectivity index (χ1n) is 7.68. The Bertz CT molecular complexity index is 898. The number of aromatic nitrogens is 1. The van der Waals surface area contributed by atoms with Crippen molar-refractivity contribution in [1.82, 2.24) is 10.5 Å². The van der Waals surface area contributed by atoms with Crippen LogP contribution in [-0.2, 0) is 0 Å². The third-order valence-corrected chi connectivity index (χ3v) is 3.46. The second-order valence-electron chi connectivity index (χ2n) is 5.48. The molecule has 2 heterocycles. The van der Waals surface area contributed by atoms with Crippen LogP contribution in [-0.4, -0.2) is 31.7 Å². The first-order chi connectivity index (χ1) is 12.1. The lowest BCUT2D eigenvalue weighted by atomic mass is 10.2. The molecular formula is C19H17N3O3. The number of carbonyl (C=O) groups excluding carboxylic acids is 1. The minimum Gasteiger partial charge on any atom is -0.461 e. The molecule has 1 N–H and O–H groups in total. The van der Waals surface area contributed by atoms with Crippen LogP contribution in [0.3, 0.4) is 0 Å². The van der Waals surface area contributed by atoms with Gasteiger partial charge < -0.3 is 19.2 Å². The van der Waals surface area contributed by atoms with Gasteiger partial charge in [-0.05, 0) is 36.4 Å². The van der Waals surface area contributed by atoms with Crippen LogP contribution in [0.2, 0.25) is 0 Å². The Morgan fingerprint density at radius 3 is 2.68 bits per heavy atom. The number of carbonyl (C=O) groups is 1. The van der Waals surface area contributed by atoms with Gasteiger partial charge in [0.2, 0.25) is 5.76 Å². The highest BCUT2D eigenvalue weighted by molar-refractivity contribution is 5.93. The van der Waals surface area contributed by atoms with Crippen molar-refractivity contribution in [2.45, 2.75) is 0 Å². The fourth-order valence-corrected chi connectivity index (χ4v) is 2.12. The summed E-state index contributed by atoms with van der Waals surface area (Å²) < 4.78 is 10.3. The maximum atomic E-state index is 12.0. The molecule has 0 fully saturated rings. The van der Waals surface area contributed by atoms with Gasteiger partial charge in [0.05, 0.1) is 12.8 Å². The van der Waals surface area contributed by atoms with Crippen LogP contribution < -0.4 is 10.2 Å². The predicted octanol–water partition coefficient (Wildman–Crippen LogP) is 2.78. The molecule has 2 aromatic heterocycles. The van der Waals surface area contributed by atoms with E-state index in [1.54, 1.807) is 12.1 Å². The Morgan fingerprint density at radius 1 is 1.20 bits per heavy atom. The summed E-state index contributed by atoms with van der Waals surface area (Å²) in [7, 11) is 3.97. The summed E-state index contributed by atoms with van der Waals surface area (Å²) >= 11 is 0. The fraction of sp³-hybridized carbons (Fsp3) is 0.158. The van der Waals surface area contributed by atoms with Crippen LogP contribution in [0.25, 0.3) is 11.5 Å². The Labute approximate surface area is 145 Å². The number of furan rings is 1. The molecular weight excluding hydrogens is 318 g/mol. The molecule has 0 saturated heterocycles. The van der Waals surface area contributed by atoms with Gasteiger partial charge in [-0.2, -0.15) is 0 Å². The van der Waals surface area contributed by atoms with E-state index in [2.05, 4.69) is 22.3 Å². The molecule has 126 valence electrons. The van der Waals surface area contributed by atoms with Crippen molar-refractivity contribution < 1.29 is 13.7 Å². The van der Waals surface area contributed by atoms with Crippen molar-refractivity contribution in [2.24, 2.45) is 0 Å². The predicted molar refractivity (Wildman–Crippen MR) is 94.2 cm³/mol. The summed E-state index contributed by atoms with van der Waals surface area (Å²) in [5, 5.41) is 6.42. The molecule has 0 unspecified atom stereocenters. The summed E-state index contributed by atoms with van der Waals surface area (Å²) in [5.74, 6) is 6.49. The SMILES string of the molecule is CN(C)c1ccc(C#CCNC(=O)c2cc(-c3ccco3)on2)cc1. The second kappa shape index (κ2) is 7.41. The van der Waals surface area contributed by atoms with E-state index < -0.39 is 0 Å². The van der Waals surface area contributed by atoms with Crippen molar-refractivity contribution in [2.75, 3.05) is 25.5 Å². The highest BCUT2D eigenvalue weighted by Crippen LogP contribution is 2.20. The lowest BCUT2D eigenvalue weighted by Gasteiger charge is -2.11. The molecule has 6 nitrogen and oxygen atoms in total. The number of nitrogens with one attached hydrogen (secondary N) is 1. The first-order valence-corrected chi connectivity index (χ1v) is 7.68. The molecule has 0 atom stereocenters. The molecule has 3 rings (SSSR count). The van der Waals surface area contributed by atoms with E-state index in [1.807, 2.05) is 43.3 Å². The van der Waals surface area contributed by atoms with Crippen molar-refractivity contribution in [3.05, 3.63) is 60.0 Å². The third-order valence-electron chi connectivity index (χ3n) is 3.46. The zero-order valence-electron chi connectivity index (χ0n) is 13.9. The van der Waals surface area contributed by atoms with Crippen LogP contribution in [0.1, 0.15) is 16.1 Å². The topological polar surface area (TPSA) is 71.5 Å². The van der Waals surface area contributed by atoms with Gasteiger partial charge in [-0.1, -0.05) is 17.0 Å². The van der Waals surface area contributed by atoms with Crippen molar-refractivity contribution in [1.29, 1.82) is 0 Å². The number of nitrogens with zero attached hydrogens (tertiary/aromatic N) is 2. The molecule has 0 spiro atoms. The largest absolute Gasteiger partial charge is 0.461 e. The van der Waals surface area contributed by atoms with Gasteiger partial charge >= 0.3 is 0 Å². The Hall–Kier alpha value is -3.46. The summed E-state index contributed by atoms with van der Waals surface area (Å²) in [6.07, 6.45) is 1.53. The molecule has 1 aromatic carbocycles. The average Bonchev–Trinajstić information content (AvgIpc) is 3.29. The van der Waals surface area contributed by atoms with Gasteiger partial charge in [0.15, 0.2) is 11.5 Å². The van der Waals surface area contributed by atoms with E-state index >= 15 is 0 Å². The molecule has 0 aliphatic heterocycles. The van der Waals surface area contributed by atoms with Crippen molar-refractivity contribution in [3.8, 4) is 23.4 Å². The van der Waals surface area contributed by atoms with E-state index in [-0.39, 0.29) is 18.1 Å². The van der Waals surface area contributed by atoms with Crippen LogP contribution in [0.15, 0.2) is 57.7 Å². The monoisotopic (exact) mass is 335 g/mol. The van der Waals surface area contributed by atoms with Gasteiger partial charge in [0.1, 0.15) is 0 Å². The van der Waals surface area contributed by atoms with Gasteiger partial charge in [-0.3, -0.25) is 4.79 Å². The Balaban J connectivity index is 1.55. The summed E-state index contributed by atoms with van der Waals surface area (Å²) in [4.78, 5) is 14.0. The standard InChI is InChI=1S/C19H17N3O3/c1-22(2)15-9-7-14(8-10-15)5-3-11-20-19(23)16-13-18(25-21-16)17-6-4-12-24-17/h4,6-10,12-13H,11H2,1-2H3,(H,20,23). The lowest BCUT2D eigenvalue weighted by molar-refractivity contribution is 0.0949. The minimum absolute atomic E-state index is 0.184. The van der Waals surface area contributed by atoms with Crippen LogP contribution >= 0.6 is 0 Å². The maximum Gasteiger partial charge on any atom is 0.274 e. The van der Waals surface area contributed by atoms with E-state index in [4.69, 9.17) is 8.94 Å². The van der Waals surface area contributed by atoms with E-state index in [1.165, 1.54) is 12.3 Å². The molecule has 1 amide bonds. The maximum absolute atomic E-state index is 12.0. The summed E-state index contributed by atoms with van der Waals surface area (Å²) in [5.41, 5.74) is 2.18. The van der Waals surface area contributed by atoms with Crippen LogP contribution in [0, 0.1) is 11.8 Å². The number of amides is 1. The van der Waals surface area contributed by atoms with Gasteiger partial charge in [0, 0.05) is 31.4 Å². The highest BCUT2D eigenvalue weighted by atomic mass is 16.5. The number of hydrogen-bond donors (Lipinski definition) is 1. The van der Waals surface area contributed by atoms with Gasteiger partial charge in [0.25, 0.3) is 5.91 Å². The smallest absolute Gasteiger partial charge is 0.274 e. The fourth-order valence-electron chi connectivity index (χ4n) is 2.12. The summed E-state index contributed by atoms with van der Waals surface area (Å²) in [6, 6.07) is 12.9. The van der Waals surface area contributed by atoms with Crippen LogP contribution in [0.4, 0.5) is 5.69 Å².